The molecule has 0 saturated heterocycles. The first-order valence-electron chi connectivity index (χ1n) is 10.4. The Balaban J connectivity index is 1.34. The number of rotatable bonds is 8. The van der Waals surface area contributed by atoms with Gasteiger partial charge in [0.25, 0.3) is 5.91 Å². The third-order valence-electron chi connectivity index (χ3n) is 4.96. The standard InChI is InChI=1S/C25H22BrN3O5/c1-16-3-5-17(6-4-16)13-29-14-21(26)23(28-29)27-24(30)22-12-11-20(34-22)15-33-19-9-7-18(8-10-19)25(31)32-2/h3-12,14H,13,15H2,1-2H3,(H,27,28,30). The lowest BCUT2D eigenvalue weighted by Crippen LogP contribution is -2.12. The Morgan fingerprint density at radius 3 is 2.50 bits per heavy atom. The molecule has 4 rings (SSSR count). The van der Waals surface area contributed by atoms with Crippen LogP contribution in [0.5, 0.6) is 5.75 Å². The van der Waals surface area contributed by atoms with Crippen LogP contribution in [-0.2, 0) is 17.9 Å². The predicted molar refractivity (Wildman–Crippen MR) is 129 cm³/mol. The number of esters is 1. The number of nitrogens with zero attached hydrogens (tertiary/aromatic N) is 2. The summed E-state index contributed by atoms with van der Waals surface area (Å²) in [5, 5.41) is 7.20. The zero-order valence-corrected chi connectivity index (χ0v) is 20.2. The molecule has 9 heteroatoms. The molecule has 0 aliphatic carbocycles. The van der Waals surface area contributed by atoms with Crippen LogP contribution < -0.4 is 10.1 Å². The number of hydrogen-bond acceptors (Lipinski definition) is 6. The Bertz CT molecular complexity index is 1290. The molecule has 1 amide bonds. The average Bonchev–Trinajstić information content (AvgIpc) is 3.45. The molecule has 8 nitrogen and oxygen atoms in total. The van der Waals surface area contributed by atoms with E-state index >= 15 is 0 Å². The monoisotopic (exact) mass is 523 g/mol. The van der Waals surface area contributed by atoms with E-state index in [1.807, 2.05) is 37.4 Å². The normalized spacial score (nSPS) is 10.7. The number of amides is 1. The Hall–Kier alpha value is -3.85. The first kappa shape index (κ1) is 23.3. The maximum absolute atomic E-state index is 12.6. The first-order chi connectivity index (χ1) is 16.4. The molecule has 1 N–H and O–H groups in total. The maximum Gasteiger partial charge on any atom is 0.337 e. The Morgan fingerprint density at radius 1 is 1.06 bits per heavy atom. The number of aryl methyl sites for hydroxylation is 1. The highest BCUT2D eigenvalue weighted by molar-refractivity contribution is 9.10. The summed E-state index contributed by atoms with van der Waals surface area (Å²) in [5.41, 5.74) is 2.73. The number of anilines is 1. The highest BCUT2D eigenvalue weighted by Crippen LogP contribution is 2.22. The van der Waals surface area contributed by atoms with Gasteiger partial charge in [-0.2, -0.15) is 5.10 Å². The summed E-state index contributed by atoms with van der Waals surface area (Å²) in [6.45, 7) is 2.75. The topological polar surface area (TPSA) is 95.6 Å². The van der Waals surface area contributed by atoms with E-state index in [2.05, 4.69) is 31.1 Å². The molecule has 174 valence electrons. The Morgan fingerprint density at radius 2 is 1.79 bits per heavy atom. The van der Waals surface area contributed by atoms with Gasteiger partial charge < -0.3 is 19.2 Å². The van der Waals surface area contributed by atoms with Crippen LogP contribution in [0.25, 0.3) is 0 Å². The molecule has 0 bridgehead atoms. The van der Waals surface area contributed by atoms with E-state index in [0.29, 0.717) is 33.9 Å². The molecule has 2 aromatic carbocycles. The van der Waals surface area contributed by atoms with Crippen LogP contribution >= 0.6 is 15.9 Å². The SMILES string of the molecule is COC(=O)c1ccc(OCc2ccc(C(=O)Nc3nn(Cc4ccc(C)cc4)cc3Br)o2)cc1. The highest BCUT2D eigenvalue weighted by Gasteiger charge is 2.16. The first-order valence-corrected chi connectivity index (χ1v) is 11.2. The molecule has 0 atom stereocenters. The number of furan rings is 1. The number of halogens is 1. The Kier molecular flexibility index (Phi) is 7.12. The summed E-state index contributed by atoms with van der Waals surface area (Å²) in [5.74, 6) is 0.732. The second-order valence-electron chi connectivity index (χ2n) is 7.53. The zero-order valence-electron chi connectivity index (χ0n) is 18.6. The number of carbonyl (C=O) groups excluding carboxylic acids is 2. The second kappa shape index (κ2) is 10.4. The van der Waals surface area contributed by atoms with Crippen molar-refractivity contribution in [3.63, 3.8) is 0 Å². The predicted octanol–water partition coefficient (Wildman–Crippen LogP) is 5.21. The third-order valence-corrected chi connectivity index (χ3v) is 5.54. The number of carbonyl (C=O) groups is 2. The molecule has 0 unspecified atom stereocenters. The van der Waals surface area contributed by atoms with Crippen molar-refractivity contribution in [3.05, 3.63) is 99.5 Å². The van der Waals surface area contributed by atoms with Gasteiger partial charge in [0, 0.05) is 6.20 Å². The van der Waals surface area contributed by atoms with Gasteiger partial charge in [0.1, 0.15) is 18.1 Å². The van der Waals surface area contributed by atoms with Gasteiger partial charge in [-0.05, 0) is 64.8 Å². The summed E-state index contributed by atoms with van der Waals surface area (Å²) < 4.78 is 18.4. The van der Waals surface area contributed by atoms with Crippen molar-refractivity contribution in [2.24, 2.45) is 0 Å². The van der Waals surface area contributed by atoms with E-state index in [4.69, 9.17) is 9.15 Å². The molecule has 0 radical (unpaired) electrons. The van der Waals surface area contributed by atoms with Gasteiger partial charge in [0.2, 0.25) is 0 Å². The molecular weight excluding hydrogens is 502 g/mol. The molecular formula is C25H22BrN3O5. The fourth-order valence-corrected chi connectivity index (χ4v) is 3.56. The largest absolute Gasteiger partial charge is 0.486 e. The fraction of sp³-hybridized carbons (Fsp3) is 0.160. The van der Waals surface area contributed by atoms with E-state index in [9.17, 15) is 9.59 Å². The van der Waals surface area contributed by atoms with E-state index in [1.165, 1.54) is 12.7 Å². The second-order valence-corrected chi connectivity index (χ2v) is 8.39. The van der Waals surface area contributed by atoms with Crippen LogP contribution in [0.2, 0.25) is 0 Å². The quantitative estimate of drug-likeness (QED) is 0.318. The lowest BCUT2D eigenvalue weighted by atomic mass is 10.1. The molecule has 0 fully saturated rings. The smallest absolute Gasteiger partial charge is 0.337 e. The minimum absolute atomic E-state index is 0.125. The zero-order chi connectivity index (χ0) is 24.1. The average molecular weight is 524 g/mol. The van der Waals surface area contributed by atoms with Crippen molar-refractivity contribution in [3.8, 4) is 5.75 Å². The number of hydrogen-bond donors (Lipinski definition) is 1. The lowest BCUT2D eigenvalue weighted by molar-refractivity contribution is 0.0600. The molecule has 0 aliphatic rings. The highest BCUT2D eigenvalue weighted by atomic mass is 79.9. The third kappa shape index (κ3) is 5.74. The van der Waals surface area contributed by atoms with Crippen LogP contribution in [0.15, 0.2) is 75.8 Å². The maximum atomic E-state index is 12.6. The van der Waals surface area contributed by atoms with Gasteiger partial charge in [-0.3, -0.25) is 9.48 Å². The van der Waals surface area contributed by atoms with Crippen LogP contribution in [0.4, 0.5) is 5.82 Å². The number of aromatic nitrogens is 2. The van der Waals surface area contributed by atoms with Gasteiger partial charge in [-0.25, -0.2) is 4.79 Å². The molecule has 4 aromatic rings. The van der Waals surface area contributed by atoms with Crippen LogP contribution in [-0.4, -0.2) is 28.8 Å². The van der Waals surface area contributed by atoms with Crippen molar-refractivity contribution >= 4 is 33.6 Å². The number of ether oxygens (including phenoxy) is 2. The molecule has 0 saturated carbocycles. The van der Waals surface area contributed by atoms with E-state index in [0.717, 1.165) is 5.56 Å². The van der Waals surface area contributed by atoms with Gasteiger partial charge in [-0.1, -0.05) is 29.8 Å². The molecule has 34 heavy (non-hydrogen) atoms. The summed E-state index contributed by atoms with van der Waals surface area (Å²) in [7, 11) is 1.33. The number of methoxy groups -OCH3 is 1. The van der Waals surface area contributed by atoms with Crippen molar-refractivity contribution in [1.82, 2.24) is 9.78 Å². The van der Waals surface area contributed by atoms with E-state index in [1.54, 1.807) is 41.1 Å². The molecule has 0 aliphatic heterocycles. The summed E-state index contributed by atoms with van der Waals surface area (Å²) in [6, 6.07) is 18.0. The van der Waals surface area contributed by atoms with Crippen molar-refractivity contribution in [2.45, 2.75) is 20.1 Å². The van der Waals surface area contributed by atoms with Crippen molar-refractivity contribution in [2.75, 3.05) is 12.4 Å². The Labute approximate surface area is 204 Å². The van der Waals surface area contributed by atoms with E-state index < -0.39 is 11.9 Å². The van der Waals surface area contributed by atoms with Gasteiger partial charge in [0.05, 0.1) is 23.7 Å². The van der Waals surface area contributed by atoms with Crippen LogP contribution in [0.3, 0.4) is 0 Å². The summed E-state index contributed by atoms with van der Waals surface area (Å²) in [6.07, 6.45) is 1.81. The lowest BCUT2D eigenvalue weighted by Gasteiger charge is -2.05. The molecule has 2 aromatic heterocycles. The van der Waals surface area contributed by atoms with Gasteiger partial charge >= 0.3 is 5.97 Å². The minimum atomic E-state index is -0.421. The number of nitrogens with one attached hydrogen (secondary N) is 1. The van der Waals surface area contributed by atoms with Crippen LogP contribution in [0, 0.1) is 6.92 Å². The number of benzene rings is 2. The molecule has 2 heterocycles. The van der Waals surface area contributed by atoms with E-state index in [-0.39, 0.29) is 12.4 Å². The summed E-state index contributed by atoms with van der Waals surface area (Å²) in [4.78, 5) is 24.1. The molecule has 0 spiro atoms. The van der Waals surface area contributed by atoms with Crippen molar-refractivity contribution < 1.29 is 23.5 Å². The van der Waals surface area contributed by atoms with Gasteiger partial charge in [-0.15, -0.1) is 0 Å². The fourth-order valence-electron chi connectivity index (χ4n) is 3.15. The van der Waals surface area contributed by atoms with Crippen molar-refractivity contribution in [1.29, 1.82) is 0 Å². The summed E-state index contributed by atoms with van der Waals surface area (Å²) >= 11 is 3.44. The van der Waals surface area contributed by atoms with Crippen LogP contribution in [0.1, 0.15) is 37.8 Å². The van der Waals surface area contributed by atoms with Gasteiger partial charge in [0.15, 0.2) is 11.6 Å². The minimum Gasteiger partial charge on any atom is -0.486 e.